The molecule has 7 nitrogen and oxygen atoms in total. The Hall–Kier alpha value is -3.39. The topological polar surface area (TPSA) is 83.9 Å². The minimum absolute atomic E-state index is 0.0871. The summed E-state index contributed by atoms with van der Waals surface area (Å²) in [6.45, 7) is 6.43. The lowest BCUT2D eigenvalue weighted by Crippen LogP contribution is -2.38. The molecule has 0 fully saturated rings. The molecule has 1 aromatic carbocycles. The molecular formula is C26H28N4O3S. The molecule has 0 spiro atoms. The van der Waals surface area contributed by atoms with Crippen molar-refractivity contribution in [1.82, 2.24) is 15.2 Å². The van der Waals surface area contributed by atoms with E-state index in [1.165, 1.54) is 11.8 Å². The van der Waals surface area contributed by atoms with Gasteiger partial charge in [-0.15, -0.1) is 0 Å². The predicted octanol–water partition coefficient (Wildman–Crippen LogP) is 4.28. The van der Waals surface area contributed by atoms with E-state index in [0.29, 0.717) is 24.2 Å². The van der Waals surface area contributed by atoms with Gasteiger partial charge in [-0.2, -0.15) is 0 Å². The highest BCUT2D eigenvalue weighted by Gasteiger charge is 2.41. The van der Waals surface area contributed by atoms with Crippen LogP contribution in [0.2, 0.25) is 0 Å². The molecule has 8 heteroatoms. The summed E-state index contributed by atoms with van der Waals surface area (Å²) in [6, 6.07) is 13.4. The zero-order valence-corrected chi connectivity index (χ0v) is 20.4. The number of benzene rings is 1. The van der Waals surface area contributed by atoms with Gasteiger partial charge in [0.1, 0.15) is 0 Å². The number of amidine groups is 1. The lowest BCUT2D eigenvalue weighted by Gasteiger charge is -2.36. The number of pyridine rings is 1. The Morgan fingerprint density at radius 1 is 1.18 bits per heavy atom. The van der Waals surface area contributed by atoms with Crippen LogP contribution in [0.4, 0.5) is 0 Å². The highest BCUT2D eigenvalue weighted by molar-refractivity contribution is 8.16. The number of aromatic nitrogens is 1. The average Bonchev–Trinajstić information content (AvgIpc) is 3.20. The van der Waals surface area contributed by atoms with Crippen molar-refractivity contribution in [3.8, 4) is 0 Å². The van der Waals surface area contributed by atoms with Crippen molar-refractivity contribution in [2.24, 2.45) is 4.99 Å². The molecule has 1 atom stereocenters. The fourth-order valence-corrected chi connectivity index (χ4v) is 5.06. The van der Waals surface area contributed by atoms with Gasteiger partial charge in [-0.3, -0.25) is 9.78 Å². The van der Waals surface area contributed by atoms with Crippen molar-refractivity contribution in [1.29, 1.82) is 0 Å². The van der Waals surface area contributed by atoms with E-state index in [1.807, 2.05) is 60.6 Å². The number of aryl methyl sites for hydroxylation is 1. The van der Waals surface area contributed by atoms with E-state index in [-0.39, 0.29) is 24.9 Å². The summed E-state index contributed by atoms with van der Waals surface area (Å²) in [5.74, 6) is -0.471. The highest BCUT2D eigenvalue weighted by Crippen LogP contribution is 2.44. The van der Waals surface area contributed by atoms with E-state index in [2.05, 4.69) is 21.4 Å². The number of hydrogen-bond acceptors (Lipinski definition) is 7. The first-order valence-electron chi connectivity index (χ1n) is 11.3. The van der Waals surface area contributed by atoms with Crippen molar-refractivity contribution in [2.75, 3.05) is 13.2 Å². The second-order valence-corrected chi connectivity index (χ2v) is 8.96. The number of esters is 1. The summed E-state index contributed by atoms with van der Waals surface area (Å²) in [5, 5.41) is 5.68. The van der Waals surface area contributed by atoms with E-state index in [0.717, 1.165) is 27.7 Å². The normalized spacial score (nSPS) is 17.1. The average molecular weight is 477 g/mol. The molecule has 0 bridgehead atoms. The zero-order valence-electron chi connectivity index (χ0n) is 19.6. The minimum Gasteiger partial charge on any atom is -0.463 e. The summed E-state index contributed by atoms with van der Waals surface area (Å²) in [5.41, 5.74) is 4.92. The largest absolute Gasteiger partial charge is 0.463 e. The molecule has 0 saturated heterocycles. The number of fused-ring (bicyclic) bond motifs is 1. The van der Waals surface area contributed by atoms with Gasteiger partial charge in [0.2, 0.25) is 5.91 Å². The minimum atomic E-state index is -0.408. The molecule has 1 unspecified atom stereocenters. The van der Waals surface area contributed by atoms with Crippen LogP contribution in [0.25, 0.3) is 0 Å². The second-order valence-electron chi connectivity index (χ2n) is 8.13. The molecule has 1 N–H and O–H groups in total. The molecule has 1 amide bonds. The van der Waals surface area contributed by atoms with Crippen LogP contribution in [-0.4, -0.2) is 40.1 Å². The van der Waals surface area contributed by atoms with Crippen molar-refractivity contribution in [3.63, 3.8) is 0 Å². The van der Waals surface area contributed by atoms with Crippen LogP contribution in [-0.2, 0) is 20.7 Å². The van der Waals surface area contributed by atoms with Gasteiger partial charge in [0, 0.05) is 30.6 Å². The summed E-state index contributed by atoms with van der Waals surface area (Å²) >= 11 is 1.47. The van der Waals surface area contributed by atoms with Crippen LogP contribution in [0.1, 0.15) is 43.1 Å². The molecular weight excluding hydrogens is 448 g/mol. The first-order valence-corrected chi connectivity index (χ1v) is 12.2. The number of ether oxygens (including phenoxy) is 1. The number of hydrogen-bond donors (Lipinski definition) is 1. The number of allylic oxidation sites excluding steroid dienone is 1. The maximum Gasteiger partial charge on any atom is 0.338 e. The van der Waals surface area contributed by atoms with Gasteiger partial charge >= 0.3 is 5.97 Å². The SMILES string of the molecule is CCOC(=O)C1=C(C)N=C2SC=C(CC(=O)NCCc3ccccn3)N2C1c1cccc(C)c1. The van der Waals surface area contributed by atoms with Crippen LogP contribution < -0.4 is 5.32 Å². The standard InChI is InChI=1S/C26H28N4O3S/c1-4-33-25(32)23-18(3)29-26-30(24(23)19-9-7-8-17(2)14-19)21(16-34-26)15-22(31)28-13-11-20-10-5-6-12-27-20/h5-10,12,14,16,24H,4,11,13,15H2,1-3H3,(H,28,31). The Bertz CT molecular complexity index is 1170. The van der Waals surface area contributed by atoms with Gasteiger partial charge < -0.3 is 15.0 Å². The molecule has 2 aliphatic rings. The van der Waals surface area contributed by atoms with Gasteiger partial charge in [-0.25, -0.2) is 9.79 Å². The third-order valence-electron chi connectivity index (χ3n) is 5.63. The Labute approximate surface area is 204 Å². The molecule has 34 heavy (non-hydrogen) atoms. The van der Waals surface area contributed by atoms with E-state index in [4.69, 9.17) is 4.74 Å². The molecule has 1 aromatic heterocycles. The summed E-state index contributed by atoms with van der Waals surface area (Å²) in [6.07, 6.45) is 2.60. The molecule has 0 radical (unpaired) electrons. The molecule has 176 valence electrons. The van der Waals surface area contributed by atoms with Crippen molar-refractivity contribution in [3.05, 3.63) is 87.9 Å². The number of nitrogens with zero attached hydrogens (tertiary/aromatic N) is 3. The van der Waals surface area contributed by atoms with Crippen molar-refractivity contribution >= 4 is 28.8 Å². The first-order chi connectivity index (χ1) is 16.5. The summed E-state index contributed by atoms with van der Waals surface area (Å²) < 4.78 is 5.39. The van der Waals surface area contributed by atoms with Crippen LogP contribution in [0, 0.1) is 6.92 Å². The monoisotopic (exact) mass is 476 g/mol. The highest BCUT2D eigenvalue weighted by atomic mass is 32.2. The lowest BCUT2D eigenvalue weighted by atomic mass is 9.93. The number of amides is 1. The van der Waals surface area contributed by atoms with Gasteiger partial charge in [0.05, 0.1) is 30.3 Å². The number of nitrogens with one attached hydrogen (secondary N) is 1. The first kappa shape index (κ1) is 23.8. The van der Waals surface area contributed by atoms with Crippen molar-refractivity contribution in [2.45, 2.75) is 39.7 Å². The van der Waals surface area contributed by atoms with Crippen LogP contribution in [0.3, 0.4) is 0 Å². The van der Waals surface area contributed by atoms with Crippen LogP contribution in [0.15, 0.2) is 76.0 Å². The molecule has 4 rings (SSSR count). The van der Waals surface area contributed by atoms with Gasteiger partial charge in [0.15, 0.2) is 5.17 Å². The van der Waals surface area contributed by atoms with Crippen LogP contribution >= 0.6 is 11.8 Å². The smallest absolute Gasteiger partial charge is 0.338 e. The fourth-order valence-electron chi connectivity index (χ4n) is 4.10. The van der Waals surface area contributed by atoms with Gasteiger partial charge in [0.25, 0.3) is 0 Å². The van der Waals surface area contributed by atoms with Crippen LogP contribution in [0.5, 0.6) is 0 Å². The molecule has 2 aromatic rings. The Morgan fingerprint density at radius 3 is 2.76 bits per heavy atom. The second kappa shape index (κ2) is 10.7. The van der Waals surface area contributed by atoms with E-state index in [1.54, 1.807) is 13.1 Å². The maximum atomic E-state index is 13.0. The van der Waals surface area contributed by atoms with Gasteiger partial charge in [-0.05, 0) is 43.9 Å². The molecule has 2 aliphatic heterocycles. The van der Waals surface area contributed by atoms with Crippen molar-refractivity contribution < 1.29 is 14.3 Å². The Balaban J connectivity index is 1.55. The fraction of sp³-hybridized carbons (Fsp3) is 0.308. The summed E-state index contributed by atoms with van der Waals surface area (Å²) in [4.78, 5) is 36.7. The number of carbonyl (C=O) groups is 2. The third kappa shape index (κ3) is 5.22. The zero-order chi connectivity index (χ0) is 24.1. The number of rotatable bonds is 8. The number of carbonyl (C=O) groups excluding carboxylic acids is 2. The Kier molecular flexibility index (Phi) is 7.47. The van der Waals surface area contributed by atoms with E-state index < -0.39 is 6.04 Å². The maximum absolute atomic E-state index is 13.0. The predicted molar refractivity (Wildman–Crippen MR) is 134 cm³/mol. The number of aliphatic imine (C=N–C) groups is 1. The van der Waals surface area contributed by atoms with E-state index in [9.17, 15) is 9.59 Å². The van der Waals surface area contributed by atoms with Gasteiger partial charge in [-0.1, -0.05) is 47.7 Å². The molecule has 3 heterocycles. The molecule has 0 aliphatic carbocycles. The third-order valence-corrected chi connectivity index (χ3v) is 6.51. The Morgan fingerprint density at radius 2 is 2.03 bits per heavy atom. The lowest BCUT2D eigenvalue weighted by molar-refractivity contribution is -0.139. The summed E-state index contributed by atoms with van der Waals surface area (Å²) in [7, 11) is 0. The quantitative estimate of drug-likeness (QED) is 0.573. The number of thioether (sulfide) groups is 1. The van der Waals surface area contributed by atoms with E-state index >= 15 is 0 Å². The molecule has 0 saturated carbocycles.